The van der Waals surface area contributed by atoms with Gasteiger partial charge < -0.3 is 95.5 Å². The number of nitrogens with one attached hydrogen (secondary N) is 4. The second-order valence-electron chi connectivity index (χ2n) is 26.5. The molecule has 0 unspecified atom stereocenters. The van der Waals surface area contributed by atoms with E-state index in [1.54, 1.807) is 53.9 Å². The van der Waals surface area contributed by atoms with Crippen molar-refractivity contribution in [2.24, 2.45) is 0 Å². The fraction of sp³-hybridized carbons (Fsp3) is 0.556. The number of aliphatic hydroxyl groups excluding tert-OH is 4. The molecule has 2 aliphatic heterocycles. The van der Waals surface area contributed by atoms with E-state index in [0.29, 0.717) is 159 Å². The molecule has 2 aliphatic rings. The molecular formula is C72H101GdN16O20S2. The average Bonchev–Trinajstić information content (AvgIpc) is 1.70. The molecule has 8 rings (SSSR count). The predicted molar refractivity (Wildman–Crippen MR) is 398 cm³/mol. The normalized spacial score (nSPS) is 15.5. The van der Waals surface area contributed by atoms with Gasteiger partial charge in [-0.15, -0.1) is 0 Å². The van der Waals surface area contributed by atoms with E-state index in [0.717, 1.165) is 60.6 Å². The molecule has 36 nitrogen and oxygen atoms in total. The monoisotopic (exact) mass is 1730 g/mol. The number of fused-ring (bicyclic) bond motifs is 2. The van der Waals surface area contributed by atoms with E-state index >= 15 is 0 Å². The maximum absolute atomic E-state index is 12.9. The number of unbranched alkanes of at least 4 members (excludes halogenated alkanes) is 4. The molecule has 0 saturated carbocycles. The van der Waals surface area contributed by atoms with Crippen LogP contribution in [0, 0.1) is 39.9 Å². The predicted octanol–water partition coefficient (Wildman–Crippen LogP) is -3.25. The van der Waals surface area contributed by atoms with Gasteiger partial charge in [0.1, 0.15) is 11.5 Å². The number of carboxylic acid groups (broad SMARTS) is 6. The summed E-state index contributed by atoms with van der Waals surface area (Å²) >= 11 is 2.89. The molecule has 0 spiro atoms. The second-order valence-corrected chi connectivity index (χ2v) is 28.4. The van der Waals surface area contributed by atoms with Crippen LogP contribution in [0.3, 0.4) is 0 Å². The fourth-order valence-corrected chi connectivity index (χ4v) is 14.1. The Labute approximate surface area is 683 Å². The Morgan fingerprint density at radius 2 is 0.721 bits per heavy atom. The fourth-order valence-electron chi connectivity index (χ4n) is 12.3. The van der Waals surface area contributed by atoms with Gasteiger partial charge in [0.15, 0.2) is 10.3 Å². The van der Waals surface area contributed by atoms with Gasteiger partial charge in [0, 0.05) is 185 Å². The van der Waals surface area contributed by atoms with E-state index in [1.165, 1.54) is 23.5 Å². The summed E-state index contributed by atoms with van der Waals surface area (Å²) in [4.78, 5) is 132. The molecule has 6 heterocycles. The SMILES string of the molecule is O=C(O)CN1CCN(CC(=O)O)CCN(CC(=O)NCCCCCOc2ccc3nc(SCc4nccc(CO)c4CO)[nH]c3c2)CCN(CC(=O)O)CC1.O=C([O-])CN1CCN(CC(=O)[O-])CCN(CC(=O)NCCCCCOc2ccc3nc(SCc4nccc(CO)c4CO)[nH]c3c2)CCN(CC(=O)[O-])CC1.[Gd+3]. The van der Waals surface area contributed by atoms with Crippen molar-refractivity contribution in [2.45, 2.75) is 86.8 Å². The average molecular weight is 1730 g/mol. The quantitative estimate of drug-likeness (QED) is 0.0133. The topological polar surface area (TPSA) is 499 Å². The number of thioether (sulfide) groups is 2. The third kappa shape index (κ3) is 34.8. The minimum atomic E-state index is -1.29. The Kier molecular flexibility index (Phi) is 42.2. The zero-order chi connectivity index (χ0) is 79.2. The van der Waals surface area contributed by atoms with E-state index in [2.05, 4.69) is 40.5 Å². The number of H-pyrrole nitrogens is 2. The van der Waals surface area contributed by atoms with Crippen molar-refractivity contribution in [3.8, 4) is 11.5 Å². The van der Waals surface area contributed by atoms with Gasteiger partial charge in [-0.05, 0) is 86.1 Å². The largest absolute Gasteiger partial charge is 3.00 e. The number of aromatic nitrogens is 6. The number of aromatic amines is 2. The summed E-state index contributed by atoms with van der Waals surface area (Å²) in [5, 5.41) is 108. The van der Waals surface area contributed by atoms with E-state index in [1.807, 2.05) is 46.2 Å². The smallest absolute Gasteiger partial charge is 0.549 e. The number of hydrogen-bond donors (Lipinski definition) is 11. The number of ether oxygens (including phenoxy) is 2. The molecule has 0 atom stereocenters. The van der Waals surface area contributed by atoms with Crippen LogP contribution in [-0.2, 0) is 76.3 Å². The number of carboxylic acids is 6. The number of imidazole rings is 2. The number of pyridine rings is 2. The number of aliphatic carboxylic acids is 6. The molecule has 2 aromatic carbocycles. The van der Waals surface area contributed by atoms with Crippen molar-refractivity contribution >= 4 is 93.2 Å². The Balaban J connectivity index is 0.000000343. The molecule has 2 amide bonds. The first-order valence-corrected chi connectivity index (χ1v) is 38.4. The van der Waals surface area contributed by atoms with Gasteiger partial charge in [-0.25, -0.2) is 9.97 Å². The number of carbonyl (C=O) groups excluding carboxylic acids is 5. The zero-order valence-electron chi connectivity index (χ0n) is 62.0. The van der Waals surface area contributed by atoms with Crippen molar-refractivity contribution in [3.63, 3.8) is 0 Å². The van der Waals surface area contributed by atoms with Crippen LogP contribution in [-0.4, -0.2) is 336 Å². The van der Waals surface area contributed by atoms with E-state index in [9.17, 15) is 89.4 Å². The van der Waals surface area contributed by atoms with Gasteiger partial charge in [0.25, 0.3) is 0 Å². The first-order chi connectivity index (χ1) is 53.0. The van der Waals surface area contributed by atoms with Crippen LogP contribution in [0.4, 0.5) is 0 Å². The summed E-state index contributed by atoms with van der Waals surface area (Å²) in [5.74, 6) is -4.90. The van der Waals surface area contributed by atoms with Crippen molar-refractivity contribution < 1.29 is 139 Å². The van der Waals surface area contributed by atoms with E-state index < -0.39 is 35.8 Å². The maximum Gasteiger partial charge on any atom is 3.00 e. The minimum Gasteiger partial charge on any atom is -0.549 e. The number of nitrogens with zero attached hydrogens (tertiary/aromatic N) is 12. The maximum atomic E-state index is 12.9. The summed E-state index contributed by atoms with van der Waals surface area (Å²) in [6, 6.07) is 14.6. The number of carbonyl (C=O) groups is 8. The molecule has 6 aromatic rings. The van der Waals surface area contributed by atoms with Crippen LogP contribution in [0.2, 0.25) is 0 Å². The Hall–Kier alpha value is -7.42. The molecule has 609 valence electrons. The van der Waals surface area contributed by atoms with Crippen LogP contribution >= 0.6 is 23.5 Å². The van der Waals surface area contributed by atoms with Crippen molar-refractivity contribution in [1.82, 2.24) is 79.7 Å². The summed E-state index contributed by atoms with van der Waals surface area (Å²) in [7, 11) is 0. The molecule has 11 N–H and O–H groups in total. The summed E-state index contributed by atoms with van der Waals surface area (Å²) in [6.07, 6.45) is 7.88. The van der Waals surface area contributed by atoms with E-state index in [-0.39, 0.29) is 170 Å². The van der Waals surface area contributed by atoms with Gasteiger partial charge in [-0.1, -0.05) is 23.5 Å². The number of benzene rings is 2. The van der Waals surface area contributed by atoms with Crippen molar-refractivity contribution in [1.29, 1.82) is 0 Å². The third-order valence-corrected chi connectivity index (χ3v) is 20.0. The number of amides is 2. The first kappa shape index (κ1) is 92.5. The standard InChI is InChI=1S/2C36H52N8O10S.Gd/c2*45-23-26-6-8-37-31(28(26)24-46)25-55-36-39-29-5-4-27(18-30(29)40-36)54-17-3-1-2-7-38-32(47)19-41-9-11-42(20-33(48)49)13-15-44(22-35(52)53)16-14-43(12-10-41)21-34(50)51;/h2*4-6,8,18,45-46H,1-3,7,9-17,19-25H2,(H,38,47)(H,39,40)(H,48,49)(H,50,51)(H,52,53);/q;;+3/p-3. The van der Waals surface area contributed by atoms with Crippen LogP contribution in [0.25, 0.3) is 22.1 Å². The van der Waals surface area contributed by atoms with Gasteiger partial charge in [0.2, 0.25) is 11.8 Å². The minimum absolute atomic E-state index is 0. The molecule has 1 radical (unpaired) electrons. The molecule has 0 bridgehead atoms. The Morgan fingerprint density at radius 1 is 0.414 bits per heavy atom. The second kappa shape index (κ2) is 50.6. The summed E-state index contributed by atoms with van der Waals surface area (Å²) < 4.78 is 11.9. The van der Waals surface area contributed by atoms with Gasteiger partial charge in [-0.3, -0.25) is 73.1 Å². The van der Waals surface area contributed by atoms with Crippen LogP contribution < -0.4 is 35.4 Å². The summed E-state index contributed by atoms with van der Waals surface area (Å²) in [5.41, 5.74) is 7.15. The van der Waals surface area contributed by atoms with Crippen LogP contribution in [0.15, 0.2) is 71.2 Å². The number of hydrogen-bond acceptors (Lipinski definition) is 31. The Morgan fingerprint density at radius 3 is 1.01 bits per heavy atom. The van der Waals surface area contributed by atoms with Gasteiger partial charge >= 0.3 is 57.8 Å². The molecule has 4 aromatic heterocycles. The molecule has 2 fully saturated rings. The molecule has 2 saturated heterocycles. The Bertz CT molecular complexity index is 3610. The van der Waals surface area contributed by atoms with Gasteiger partial charge in [-0.2, -0.15) is 0 Å². The van der Waals surface area contributed by atoms with Crippen molar-refractivity contribution in [3.05, 3.63) is 94.6 Å². The third-order valence-electron chi connectivity index (χ3n) is 18.2. The van der Waals surface area contributed by atoms with Gasteiger partial charge in [0.05, 0.1) is 124 Å². The molecular weight excluding hydrogens is 1630 g/mol. The zero-order valence-corrected chi connectivity index (χ0v) is 65.9. The summed E-state index contributed by atoms with van der Waals surface area (Å²) in [6.45, 7) is 4.31. The van der Waals surface area contributed by atoms with E-state index in [4.69, 9.17) is 9.47 Å². The van der Waals surface area contributed by atoms with Crippen LogP contribution in [0.1, 0.15) is 72.2 Å². The number of rotatable bonds is 40. The molecule has 39 heteroatoms. The van der Waals surface area contributed by atoms with Crippen LogP contribution in [0.5, 0.6) is 11.5 Å². The first-order valence-electron chi connectivity index (χ1n) is 36.5. The molecule has 111 heavy (non-hydrogen) atoms. The van der Waals surface area contributed by atoms with Crippen molar-refractivity contribution in [2.75, 3.05) is 183 Å². The number of aliphatic hydroxyl groups is 4. The molecule has 0 aliphatic carbocycles.